The third kappa shape index (κ3) is 1.83. The predicted octanol–water partition coefficient (Wildman–Crippen LogP) is 2.62. The number of para-hydroxylation sites is 1. The monoisotopic (exact) mass is 219 g/mol. The number of fused-ring (bicyclic) bond motifs is 1. The fourth-order valence-electron chi connectivity index (χ4n) is 1.78. The molecule has 1 aromatic carbocycles. The van der Waals surface area contributed by atoms with Gasteiger partial charge >= 0.3 is 0 Å². The molecule has 0 radical (unpaired) electrons. The summed E-state index contributed by atoms with van der Waals surface area (Å²) in [6, 6.07) is 4.95. The van der Waals surface area contributed by atoms with Gasteiger partial charge in [0.25, 0.3) is 0 Å². The van der Waals surface area contributed by atoms with Gasteiger partial charge in [-0.15, -0.1) is 0 Å². The highest BCUT2D eigenvalue weighted by Crippen LogP contribution is 2.23. The molecule has 84 valence electrons. The molecule has 0 N–H and O–H groups in total. The fourth-order valence-corrected chi connectivity index (χ4v) is 1.78. The van der Waals surface area contributed by atoms with E-state index in [9.17, 15) is 4.39 Å². The van der Waals surface area contributed by atoms with Gasteiger partial charge in [0.1, 0.15) is 23.5 Å². The summed E-state index contributed by atoms with van der Waals surface area (Å²) in [5.41, 5.74) is 0.385. The molecule has 0 saturated carbocycles. The fraction of sp³-hybridized carbons (Fsp3) is 0.333. The van der Waals surface area contributed by atoms with Gasteiger partial charge in [0, 0.05) is 19.0 Å². The van der Waals surface area contributed by atoms with Crippen molar-refractivity contribution in [2.24, 2.45) is 0 Å². The topological polar surface area (TPSA) is 29.0 Å². The van der Waals surface area contributed by atoms with Crippen LogP contribution in [0.25, 0.3) is 10.9 Å². The van der Waals surface area contributed by atoms with Crippen molar-refractivity contribution in [2.75, 3.05) is 18.5 Å². The number of halogens is 1. The highest BCUT2D eigenvalue weighted by Gasteiger charge is 2.09. The molecule has 0 fully saturated rings. The zero-order valence-corrected chi connectivity index (χ0v) is 9.44. The minimum Gasteiger partial charge on any atom is -0.359 e. The summed E-state index contributed by atoms with van der Waals surface area (Å²) in [6.07, 6.45) is 2.43. The second kappa shape index (κ2) is 4.43. The van der Waals surface area contributed by atoms with E-state index >= 15 is 0 Å². The summed E-state index contributed by atoms with van der Waals surface area (Å²) in [5.74, 6) is 0.484. The number of hydrogen-bond acceptors (Lipinski definition) is 3. The summed E-state index contributed by atoms with van der Waals surface area (Å²) >= 11 is 0. The number of rotatable bonds is 3. The Hall–Kier alpha value is -1.71. The number of anilines is 1. The van der Waals surface area contributed by atoms with Crippen LogP contribution in [0.3, 0.4) is 0 Å². The molecule has 0 spiro atoms. The van der Waals surface area contributed by atoms with Crippen LogP contribution >= 0.6 is 0 Å². The Morgan fingerprint density at radius 3 is 2.88 bits per heavy atom. The van der Waals surface area contributed by atoms with Crippen molar-refractivity contribution in [1.29, 1.82) is 0 Å². The molecule has 0 aliphatic heterocycles. The average molecular weight is 219 g/mol. The zero-order chi connectivity index (χ0) is 11.5. The molecule has 0 saturated heterocycles. The maximum Gasteiger partial charge on any atom is 0.149 e. The maximum atomic E-state index is 13.5. The smallest absolute Gasteiger partial charge is 0.149 e. The summed E-state index contributed by atoms with van der Waals surface area (Å²) in [7, 11) is 1.95. The van der Waals surface area contributed by atoms with E-state index in [1.54, 1.807) is 6.07 Å². The second-order valence-corrected chi connectivity index (χ2v) is 3.75. The van der Waals surface area contributed by atoms with Crippen LogP contribution < -0.4 is 4.90 Å². The second-order valence-electron chi connectivity index (χ2n) is 3.75. The largest absolute Gasteiger partial charge is 0.359 e. The van der Waals surface area contributed by atoms with E-state index in [4.69, 9.17) is 0 Å². The Balaban J connectivity index is 2.58. The van der Waals surface area contributed by atoms with Crippen molar-refractivity contribution in [1.82, 2.24) is 9.97 Å². The van der Waals surface area contributed by atoms with Crippen molar-refractivity contribution in [2.45, 2.75) is 13.3 Å². The third-order valence-electron chi connectivity index (χ3n) is 2.52. The molecular weight excluding hydrogens is 205 g/mol. The summed E-state index contributed by atoms with van der Waals surface area (Å²) < 4.78 is 13.5. The number of aromatic nitrogens is 2. The molecule has 0 bridgehead atoms. The van der Waals surface area contributed by atoms with Crippen LogP contribution in [0.4, 0.5) is 10.2 Å². The quantitative estimate of drug-likeness (QED) is 0.794. The van der Waals surface area contributed by atoms with E-state index < -0.39 is 0 Å². The predicted molar refractivity (Wildman–Crippen MR) is 63.1 cm³/mol. The van der Waals surface area contributed by atoms with Crippen LogP contribution in [-0.2, 0) is 0 Å². The first kappa shape index (κ1) is 10.8. The number of nitrogens with zero attached hydrogens (tertiary/aromatic N) is 3. The lowest BCUT2D eigenvalue weighted by atomic mass is 10.2. The normalized spacial score (nSPS) is 10.7. The summed E-state index contributed by atoms with van der Waals surface area (Å²) in [5, 5.41) is 0.762. The van der Waals surface area contributed by atoms with Crippen LogP contribution in [0.15, 0.2) is 24.5 Å². The highest BCUT2D eigenvalue weighted by atomic mass is 19.1. The molecule has 2 rings (SSSR count). The Morgan fingerprint density at radius 2 is 2.12 bits per heavy atom. The first-order valence-corrected chi connectivity index (χ1v) is 5.34. The van der Waals surface area contributed by atoms with Crippen LogP contribution in [-0.4, -0.2) is 23.6 Å². The van der Waals surface area contributed by atoms with Gasteiger partial charge in [0.2, 0.25) is 0 Å². The molecule has 3 nitrogen and oxygen atoms in total. The van der Waals surface area contributed by atoms with Gasteiger partial charge in [-0.2, -0.15) is 0 Å². The van der Waals surface area contributed by atoms with Crippen molar-refractivity contribution in [3.63, 3.8) is 0 Å². The van der Waals surface area contributed by atoms with Gasteiger partial charge in [0.15, 0.2) is 0 Å². The molecule has 0 aliphatic carbocycles. The van der Waals surface area contributed by atoms with Crippen molar-refractivity contribution >= 4 is 16.7 Å². The van der Waals surface area contributed by atoms with Crippen LogP contribution in [0.1, 0.15) is 13.3 Å². The molecule has 4 heteroatoms. The maximum absolute atomic E-state index is 13.5. The van der Waals surface area contributed by atoms with Gasteiger partial charge in [0.05, 0.1) is 0 Å². The Kier molecular flexibility index (Phi) is 2.99. The van der Waals surface area contributed by atoms with Gasteiger partial charge in [-0.3, -0.25) is 0 Å². The molecule has 0 aliphatic rings. The first-order valence-electron chi connectivity index (χ1n) is 5.34. The summed E-state index contributed by atoms with van der Waals surface area (Å²) in [4.78, 5) is 10.2. The summed E-state index contributed by atoms with van der Waals surface area (Å²) in [6.45, 7) is 2.99. The van der Waals surface area contributed by atoms with E-state index in [-0.39, 0.29) is 5.82 Å². The molecule has 2 aromatic rings. The van der Waals surface area contributed by atoms with E-state index in [0.717, 1.165) is 24.2 Å². The lowest BCUT2D eigenvalue weighted by Crippen LogP contribution is -2.19. The molecule has 1 heterocycles. The molecule has 16 heavy (non-hydrogen) atoms. The van der Waals surface area contributed by atoms with Crippen molar-refractivity contribution in [3.8, 4) is 0 Å². The standard InChI is InChI=1S/C12H14FN3/c1-3-7-16(2)12-9-5-4-6-10(13)11(9)14-8-15-12/h4-6,8H,3,7H2,1-2H3. The molecule has 0 unspecified atom stereocenters. The minimum absolute atomic E-state index is 0.300. The van der Waals surface area contributed by atoms with Crippen LogP contribution in [0.5, 0.6) is 0 Å². The Labute approximate surface area is 93.9 Å². The molecule has 0 amide bonds. The van der Waals surface area contributed by atoms with Gasteiger partial charge in [-0.05, 0) is 18.6 Å². The van der Waals surface area contributed by atoms with Gasteiger partial charge in [-0.1, -0.05) is 13.0 Å². The first-order chi connectivity index (χ1) is 7.74. The van der Waals surface area contributed by atoms with Gasteiger partial charge < -0.3 is 4.90 Å². The molecule has 0 atom stereocenters. The SMILES string of the molecule is CCCN(C)c1ncnc2c(F)cccc12. The highest BCUT2D eigenvalue weighted by molar-refractivity contribution is 5.89. The van der Waals surface area contributed by atoms with E-state index in [0.29, 0.717) is 5.52 Å². The number of hydrogen-bond donors (Lipinski definition) is 0. The van der Waals surface area contributed by atoms with E-state index in [2.05, 4.69) is 16.9 Å². The lowest BCUT2D eigenvalue weighted by Gasteiger charge is -2.18. The number of benzene rings is 1. The van der Waals surface area contributed by atoms with E-state index in [1.165, 1.54) is 12.4 Å². The van der Waals surface area contributed by atoms with E-state index in [1.807, 2.05) is 18.0 Å². The van der Waals surface area contributed by atoms with Gasteiger partial charge in [-0.25, -0.2) is 14.4 Å². The lowest BCUT2D eigenvalue weighted by molar-refractivity contribution is 0.636. The van der Waals surface area contributed by atoms with Crippen molar-refractivity contribution in [3.05, 3.63) is 30.3 Å². The van der Waals surface area contributed by atoms with Crippen LogP contribution in [0, 0.1) is 5.82 Å². The van der Waals surface area contributed by atoms with Crippen LogP contribution in [0.2, 0.25) is 0 Å². The average Bonchev–Trinajstić information content (AvgIpc) is 2.29. The van der Waals surface area contributed by atoms with Crippen molar-refractivity contribution < 1.29 is 4.39 Å². The minimum atomic E-state index is -0.300. The Morgan fingerprint density at radius 1 is 1.31 bits per heavy atom. The zero-order valence-electron chi connectivity index (χ0n) is 9.44. The molecule has 1 aromatic heterocycles. The third-order valence-corrected chi connectivity index (χ3v) is 2.52. The Bertz CT molecular complexity index is 499. The molecular formula is C12H14FN3.